The van der Waals surface area contributed by atoms with Crippen LogP contribution >= 0.6 is 0 Å². The minimum absolute atomic E-state index is 0.401. The van der Waals surface area contributed by atoms with Crippen molar-refractivity contribution in [1.29, 1.82) is 5.26 Å². The third-order valence-electron chi connectivity index (χ3n) is 3.15. The molecule has 0 amide bonds. The molecule has 1 aromatic rings. The number of ether oxygens (including phenoxy) is 2. The predicted octanol–water partition coefficient (Wildman–Crippen LogP) is 1.81. The Morgan fingerprint density at radius 3 is 2.33 bits per heavy atom. The third-order valence-corrected chi connectivity index (χ3v) is 3.15. The highest BCUT2D eigenvalue weighted by Gasteiger charge is 2.34. The van der Waals surface area contributed by atoms with Gasteiger partial charge >= 0.3 is 0 Å². The summed E-state index contributed by atoms with van der Waals surface area (Å²) < 4.78 is 23.7. The summed E-state index contributed by atoms with van der Waals surface area (Å²) >= 11 is 0. The lowest BCUT2D eigenvalue weighted by atomic mass is 9.79. The van der Waals surface area contributed by atoms with Crippen molar-refractivity contribution in [2.75, 3.05) is 26.4 Å². The molecule has 0 aliphatic carbocycles. The van der Waals surface area contributed by atoms with Crippen LogP contribution in [-0.4, -0.2) is 31.4 Å². The van der Waals surface area contributed by atoms with Gasteiger partial charge < -0.3 is 9.47 Å². The van der Waals surface area contributed by atoms with Crippen molar-refractivity contribution in [2.24, 2.45) is 0 Å². The molecular weight excluding hydrogens is 235 g/mol. The lowest BCUT2D eigenvalue weighted by molar-refractivity contribution is 0.0584. The van der Waals surface area contributed by atoms with Crippen molar-refractivity contribution in [1.82, 2.24) is 4.98 Å². The lowest BCUT2D eigenvalue weighted by Crippen LogP contribution is -2.28. The molecule has 18 heavy (non-hydrogen) atoms. The Morgan fingerprint density at radius 2 is 1.83 bits per heavy atom. The van der Waals surface area contributed by atoms with Crippen LogP contribution < -0.4 is 0 Å². The molecule has 1 aliphatic heterocycles. The first-order valence-electron chi connectivity index (χ1n) is 5.96. The zero-order valence-electron chi connectivity index (χ0n) is 10.1. The van der Waals surface area contributed by atoms with Crippen LogP contribution in [0, 0.1) is 17.1 Å². The first-order valence-corrected chi connectivity index (χ1v) is 5.96. The van der Waals surface area contributed by atoms with Crippen LogP contribution in [0.3, 0.4) is 0 Å². The number of aromatic nitrogens is 1. The number of halogens is 1. The molecule has 0 saturated carbocycles. The van der Waals surface area contributed by atoms with Crippen molar-refractivity contribution < 1.29 is 13.9 Å². The van der Waals surface area contributed by atoms with Crippen molar-refractivity contribution in [2.45, 2.75) is 18.3 Å². The molecule has 2 heterocycles. The lowest BCUT2D eigenvalue weighted by Gasteiger charge is -2.24. The van der Waals surface area contributed by atoms with Crippen molar-refractivity contribution in [3.63, 3.8) is 0 Å². The Morgan fingerprint density at radius 1 is 1.17 bits per heavy atom. The summed E-state index contributed by atoms with van der Waals surface area (Å²) in [5.41, 5.74) is -0.168. The van der Waals surface area contributed by atoms with Gasteiger partial charge in [-0.3, -0.25) is 4.98 Å². The van der Waals surface area contributed by atoms with Gasteiger partial charge in [0, 0.05) is 13.2 Å². The molecule has 0 aromatic carbocycles. The van der Waals surface area contributed by atoms with Gasteiger partial charge in [0.2, 0.25) is 0 Å². The van der Waals surface area contributed by atoms with Gasteiger partial charge in [-0.05, 0) is 25.0 Å². The molecular formula is C13H15FN2O2. The van der Waals surface area contributed by atoms with Crippen molar-refractivity contribution >= 4 is 0 Å². The van der Waals surface area contributed by atoms with E-state index in [-0.39, 0.29) is 0 Å². The van der Waals surface area contributed by atoms with Crippen molar-refractivity contribution in [3.8, 4) is 6.07 Å². The smallest absolute Gasteiger partial charge is 0.141 e. The number of nitrogens with zero attached hydrogens (tertiary/aromatic N) is 2. The Bertz CT molecular complexity index is 418. The largest absolute Gasteiger partial charge is 0.379 e. The predicted molar refractivity (Wildman–Crippen MR) is 62.4 cm³/mol. The summed E-state index contributed by atoms with van der Waals surface area (Å²) in [4.78, 5) is 4.04. The van der Waals surface area contributed by atoms with E-state index < -0.39 is 11.2 Å². The van der Waals surface area contributed by atoms with Gasteiger partial charge in [0.1, 0.15) is 11.2 Å². The average Bonchev–Trinajstić information content (AvgIpc) is 2.52. The molecule has 4 nitrogen and oxygen atoms in total. The first-order chi connectivity index (χ1) is 8.77. The van der Waals surface area contributed by atoms with Gasteiger partial charge in [-0.1, -0.05) is 0 Å². The molecule has 0 N–H and O–H groups in total. The van der Waals surface area contributed by atoms with E-state index in [0.717, 1.165) is 6.20 Å². The monoisotopic (exact) mass is 250 g/mol. The van der Waals surface area contributed by atoms with Crippen molar-refractivity contribution in [3.05, 3.63) is 29.8 Å². The summed E-state index contributed by atoms with van der Waals surface area (Å²) in [5.74, 6) is -0.401. The molecule has 1 saturated heterocycles. The van der Waals surface area contributed by atoms with Gasteiger partial charge in [0.05, 0.1) is 31.2 Å². The molecule has 0 unspecified atom stereocenters. The molecule has 1 fully saturated rings. The molecule has 1 aliphatic rings. The van der Waals surface area contributed by atoms with Crippen LogP contribution in [0.15, 0.2) is 18.3 Å². The molecule has 0 bridgehead atoms. The topological polar surface area (TPSA) is 55.1 Å². The van der Waals surface area contributed by atoms with E-state index in [1.54, 1.807) is 6.07 Å². The van der Waals surface area contributed by atoms with E-state index in [0.29, 0.717) is 45.0 Å². The molecule has 0 atom stereocenters. The fourth-order valence-electron chi connectivity index (χ4n) is 2.02. The van der Waals surface area contributed by atoms with E-state index in [9.17, 15) is 9.65 Å². The molecule has 1 aromatic heterocycles. The first kappa shape index (κ1) is 12.9. The maximum Gasteiger partial charge on any atom is 0.141 e. The van der Waals surface area contributed by atoms with E-state index in [2.05, 4.69) is 11.1 Å². The fraction of sp³-hybridized carbons (Fsp3) is 0.538. The minimum atomic E-state index is -0.752. The van der Waals surface area contributed by atoms with Crippen LogP contribution in [0.25, 0.3) is 0 Å². The van der Waals surface area contributed by atoms with Crippen LogP contribution in [-0.2, 0) is 14.9 Å². The van der Waals surface area contributed by atoms with Gasteiger partial charge in [0.25, 0.3) is 0 Å². The summed E-state index contributed by atoms with van der Waals surface area (Å²) in [5, 5.41) is 9.48. The van der Waals surface area contributed by atoms with E-state index in [1.165, 1.54) is 6.07 Å². The number of hydrogen-bond donors (Lipinski definition) is 0. The standard InChI is InChI=1S/C13H15FN2O2/c14-11-1-2-12(16-9-11)13(10-15)3-5-17-7-8-18-6-4-13/h1-2,9H,3-8H2. The Kier molecular flexibility index (Phi) is 4.24. The summed E-state index contributed by atoms with van der Waals surface area (Å²) in [6, 6.07) is 5.20. The Balaban J connectivity index is 2.26. The molecule has 5 heteroatoms. The number of pyridine rings is 1. The maximum atomic E-state index is 12.9. The molecule has 2 rings (SSSR count). The zero-order valence-corrected chi connectivity index (χ0v) is 10.1. The van der Waals surface area contributed by atoms with Crippen LogP contribution in [0.5, 0.6) is 0 Å². The Labute approximate surface area is 105 Å². The number of hydrogen-bond acceptors (Lipinski definition) is 4. The van der Waals surface area contributed by atoms with Crippen LogP contribution in [0.1, 0.15) is 18.5 Å². The summed E-state index contributed by atoms with van der Waals surface area (Å²) in [6.07, 6.45) is 2.24. The molecule has 96 valence electrons. The number of rotatable bonds is 1. The summed E-state index contributed by atoms with van der Waals surface area (Å²) in [6.45, 7) is 2.04. The highest BCUT2D eigenvalue weighted by molar-refractivity contribution is 5.26. The third kappa shape index (κ3) is 2.84. The SMILES string of the molecule is N#CC1(c2ccc(F)cn2)CCOCCOCC1. The second kappa shape index (κ2) is 5.89. The maximum absolute atomic E-state index is 12.9. The van der Waals surface area contributed by atoms with Gasteiger partial charge in [0.15, 0.2) is 0 Å². The van der Waals surface area contributed by atoms with E-state index in [4.69, 9.17) is 9.47 Å². The van der Waals surface area contributed by atoms with E-state index >= 15 is 0 Å². The highest BCUT2D eigenvalue weighted by Crippen LogP contribution is 2.30. The van der Waals surface area contributed by atoms with Gasteiger partial charge in [-0.2, -0.15) is 5.26 Å². The fourth-order valence-corrected chi connectivity index (χ4v) is 2.02. The van der Waals surface area contributed by atoms with Gasteiger partial charge in [-0.15, -0.1) is 0 Å². The van der Waals surface area contributed by atoms with Crippen LogP contribution in [0.4, 0.5) is 4.39 Å². The molecule has 0 spiro atoms. The normalized spacial score (nSPS) is 20.2. The Hall–Kier alpha value is -1.51. The highest BCUT2D eigenvalue weighted by atomic mass is 19.1. The van der Waals surface area contributed by atoms with Gasteiger partial charge in [-0.25, -0.2) is 4.39 Å². The van der Waals surface area contributed by atoms with E-state index in [1.807, 2.05) is 0 Å². The quantitative estimate of drug-likeness (QED) is 0.762. The minimum Gasteiger partial charge on any atom is -0.379 e. The summed E-state index contributed by atoms with van der Waals surface area (Å²) in [7, 11) is 0. The second-order valence-corrected chi connectivity index (χ2v) is 4.28. The second-order valence-electron chi connectivity index (χ2n) is 4.28. The zero-order chi connectivity index (χ0) is 12.8. The average molecular weight is 250 g/mol. The molecule has 0 radical (unpaired) electrons. The van der Waals surface area contributed by atoms with Crippen LogP contribution in [0.2, 0.25) is 0 Å². The number of nitriles is 1.